The van der Waals surface area contributed by atoms with Gasteiger partial charge in [0, 0.05) is 34.6 Å². The quantitative estimate of drug-likeness (QED) is 0.289. The lowest BCUT2D eigenvalue weighted by Gasteiger charge is -2.34. The number of nitrogens with zero attached hydrogens (tertiary/aromatic N) is 4. The fourth-order valence-electron chi connectivity index (χ4n) is 4.23. The molecule has 1 atom stereocenters. The van der Waals surface area contributed by atoms with Crippen molar-refractivity contribution in [3.8, 4) is 33.9 Å². The highest BCUT2D eigenvalue weighted by Crippen LogP contribution is 2.53. The molecule has 9 heteroatoms. The van der Waals surface area contributed by atoms with Gasteiger partial charge in [-0.3, -0.25) is 0 Å². The molecule has 0 radical (unpaired) electrons. The largest absolute Gasteiger partial charge is 0.480 e. The highest BCUT2D eigenvalue weighted by atomic mass is 35.5. The first kappa shape index (κ1) is 19.8. The van der Waals surface area contributed by atoms with Gasteiger partial charge in [0.15, 0.2) is 23.5 Å². The summed E-state index contributed by atoms with van der Waals surface area (Å²) in [4.78, 5) is 16.4. The molecule has 6 rings (SSSR count). The first-order chi connectivity index (χ1) is 16.0. The minimum absolute atomic E-state index is 0.0484. The number of fused-ring (bicyclic) bond motifs is 4. The van der Waals surface area contributed by atoms with E-state index in [1.165, 1.54) is 24.9 Å². The van der Waals surface area contributed by atoms with Crippen molar-refractivity contribution < 1.29 is 18.3 Å². The summed E-state index contributed by atoms with van der Waals surface area (Å²) in [5.74, 6) is -0.709. The van der Waals surface area contributed by atoms with Crippen LogP contribution < -0.4 is 4.74 Å². The van der Waals surface area contributed by atoms with Crippen LogP contribution in [-0.2, 0) is 10.3 Å². The van der Waals surface area contributed by atoms with E-state index in [-0.39, 0.29) is 17.6 Å². The summed E-state index contributed by atoms with van der Waals surface area (Å²) >= 11 is 5.93. The molecule has 0 bridgehead atoms. The van der Waals surface area contributed by atoms with Gasteiger partial charge in [-0.2, -0.15) is 4.39 Å². The average Bonchev–Trinajstić information content (AvgIpc) is 3.31. The van der Waals surface area contributed by atoms with Gasteiger partial charge in [0.05, 0.1) is 5.69 Å². The van der Waals surface area contributed by atoms with Crippen LogP contribution in [0.1, 0.15) is 11.1 Å². The van der Waals surface area contributed by atoms with E-state index < -0.39 is 17.3 Å². The first-order valence-corrected chi connectivity index (χ1v) is 10.3. The third-order valence-electron chi connectivity index (χ3n) is 5.76. The molecule has 0 saturated carbocycles. The molecule has 0 unspecified atom stereocenters. The van der Waals surface area contributed by atoms with Gasteiger partial charge in [-0.1, -0.05) is 6.07 Å². The van der Waals surface area contributed by atoms with Crippen molar-refractivity contribution in [2.45, 2.75) is 5.54 Å². The topological polar surface area (TPSA) is 69.5 Å². The van der Waals surface area contributed by atoms with Gasteiger partial charge < -0.3 is 9.47 Å². The fourth-order valence-corrected chi connectivity index (χ4v) is 4.38. The number of hydrogen-bond donors (Lipinski definition) is 0. The molecule has 0 saturated heterocycles. The Hall–Kier alpha value is -3.91. The number of pyridine rings is 1. The number of hydrogen-bond acceptors (Lipinski definition) is 6. The smallest absolute Gasteiger partial charge is 0.222 e. The SMILES string of the molecule is Fc1cc(-c2ccnc(Cl)n2)cc2c1Oc1ccc(-c3cccnc3F)cc1[C@@]21COC=N1. The molecule has 2 aromatic carbocycles. The van der Waals surface area contributed by atoms with E-state index in [0.29, 0.717) is 39.3 Å². The molecule has 162 valence electrons. The summed E-state index contributed by atoms with van der Waals surface area (Å²) in [6.07, 6.45) is 4.22. The summed E-state index contributed by atoms with van der Waals surface area (Å²) in [5, 5.41) is 0.0484. The van der Waals surface area contributed by atoms with Crippen LogP contribution in [0, 0.1) is 11.8 Å². The van der Waals surface area contributed by atoms with Crippen LogP contribution in [-0.4, -0.2) is 28.0 Å². The lowest BCUT2D eigenvalue weighted by Crippen LogP contribution is -2.31. The van der Waals surface area contributed by atoms with Crippen molar-refractivity contribution in [1.29, 1.82) is 0 Å². The van der Waals surface area contributed by atoms with E-state index in [9.17, 15) is 4.39 Å². The van der Waals surface area contributed by atoms with E-state index in [1.54, 1.807) is 42.5 Å². The maximum Gasteiger partial charge on any atom is 0.222 e. The Balaban J connectivity index is 1.57. The normalized spacial score (nSPS) is 17.9. The predicted octanol–water partition coefficient (Wildman–Crippen LogP) is 5.55. The molecule has 0 amide bonds. The van der Waals surface area contributed by atoms with Gasteiger partial charge in [0.1, 0.15) is 12.4 Å². The predicted molar refractivity (Wildman–Crippen MR) is 117 cm³/mol. The molecule has 1 spiro atoms. The molecular weight excluding hydrogens is 450 g/mol. The molecule has 0 aliphatic carbocycles. The zero-order valence-corrected chi connectivity index (χ0v) is 17.6. The lowest BCUT2D eigenvalue weighted by molar-refractivity contribution is 0.270. The van der Waals surface area contributed by atoms with Crippen LogP contribution in [0.25, 0.3) is 22.4 Å². The Labute approximate surface area is 191 Å². The molecule has 4 aromatic rings. The van der Waals surface area contributed by atoms with Crippen LogP contribution >= 0.6 is 11.6 Å². The standard InChI is InChI=1S/C24H13ClF2N4O2/c25-23-29-7-5-19(31-23)14-9-17-21(18(26)10-14)33-20-4-3-13(15-2-1-6-28-22(15)27)8-16(20)24(17)11-32-12-30-24/h1-10,12H,11H2/t24-/m0/s1. The van der Waals surface area contributed by atoms with Crippen molar-refractivity contribution in [2.75, 3.05) is 6.61 Å². The van der Waals surface area contributed by atoms with Gasteiger partial charge >= 0.3 is 0 Å². The Morgan fingerprint density at radius 1 is 0.939 bits per heavy atom. The van der Waals surface area contributed by atoms with Crippen molar-refractivity contribution in [3.63, 3.8) is 0 Å². The number of ether oxygens (including phenoxy) is 2. The maximum absolute atomic E-state index is 15.3. The van der Waals surface area contributed by atoms with Gasteiger partial charge in [-0.15, -0.1) is 0 Å². The van der Waals surface area contributed by atoms with Gasteiger partial charge in [-0.25, -0.2) is 24.3 Å². The zero-order chi connectivity index (χ0) is 22.6. The highest BCUT2D eigenvalue weighted by Gasteiger charge is 2.46. The second kappa shape index (κ2) is 7.31. The molecule has 2 aliphatic rings. The van der Waals surface area contributed by atoms with Crippen molar-refractivity contribution >= 4 is 18.0 Å². The molecule has 33 heavy (non-hydrogen) atoms. The number of halogens is 3. The Bertz CT molecular complexity index is 1460. The number of aromatic nitrogens is 3. The minimum Gasteiger partial charge on any atom is -0.480 e. The third kappa shape index (κ3) is 3.06. The number of rotatable bonds is 2. The fraction of sp³-hybridized carbons (Fsp3) is 0.0833. The van der Waals surface area contributed by atoms with Gasteiger partial charge in [-0.05, 0) is 59.6 Å². The van der Waals surface area contributed by atoms with E-state index in [2.05, 4.69) is 19.9 Å². The molecule has 0 fully saturated rings. The lowest BCUT2D eigenvalue weighted by atomic mass is 9.79. The molecule has 6 nitrogen and oxygen atoms in total. The number of aliphatic imine (C=N–C) groups is 1. The van der Waals surface area contributed by atoms with Crippen LogP contribution in [0.15, 0.2) is 65.9 Å². The number of benzene rings is 2. The van der Waals surface area contributed by atoms with Crippen LogP contribution in [0.5, 0.6) is 11.5 Å². The third-order valence-corrected chi connectivity index (χ3v) is 5.94. The molecule has 2 aromatic heterocycles. The summed E-state index contributed by atoms with van der Waals surface area (Å²) in [6.45, 7) is 0.128. The Morgan fingerprint density at radius 2 is 1.82 bits per heavy atom. The van der Waals surface area contributed by atoms with Crippen molar-refractivity contribution in [3.05, 3.63) is 89.1 Å². The highest BCUT2D eigenvalue weighted by molar-refractivity contribution is 6.28. The van der Waals surface area contributed by atoms with Crippen LogP contribution in [0.4, 0.5) is 8.78 Å². The van der Waals surface area contributed by atoms with E-state index in [1.807, 2.05) is 0 Å². The van der Waals surface area contributed by atoms with Crippen LogP contribution in [0.3, 0.4) is 0 Å². The summed E-state index contributed by atoms with van der Waals surface area (Å²) in [5.41, 5.74) is 1.88. The molecule has 2 aliphatic heterocycles. The molecule has 0 N–H and O–H groups in total. The van der Waals surface area contributed by atoms with Gasteiger partial charge in [0.25, 0.3) is 0 Å². The Kier molecular flexibility index (Phi) is 4.38. The van der Waals surface area contributed by atoms with Gasteiger partial charge in [0.2, 0.25) is 11.2 Å². The maximum atomic E-state index is 15.3. The van der Waals surface area contributed by atoms with E-state index >= 15 is 4.39 Å². The second-order valence-electron chi connectivity index (χ2n) is 7.61. The van der Waals surface area contributed by atoms with Crippen molar-refractivity contribution in [1.82, 2.24) is 15.0 Å². The second-order valence-corrected chi connectivity index (χ2v) is 7.94. The zero-order valence-electron chi connectivity index (χ0n) is 16.8. The van der Waals surface area contributed by atoms with E-state index in [0.717, 1.165) is 0 Å². The van der Waals surface area contributed by atoms with Crippen molar-refractivity contribution in [2.24, 2.45) is 4.99 Å². The van der Waals surface area contributed by atoms with E-state index in [4.69, 9.17) is 21.1 Å². The average molecular weight is 463 g/mol. The summed E-state index contributed by atoms with van der Waals surface area (Å²) < 4.78 is 41.1. The monoisotopic (exact) mass is 462 g/mol. The minimum atomic E-state index is -1.08. The summed E-state index contributed by atoms with van der Waals surface area (Å²) in [6, 6.07) is 13.2. The van der Waals surface area contributed by atoms with Crippen LogP contribution in [0.2, 0.25) is 5.28 Å². The first-order valence-electron chi connectivity index (χ1n) is 9.97. The Morgan fingerprint density at radius 3 is 2.61 bits per heavy atom. The molecular formula is C24H13ClF2N4O2. The molecule has 4 heterocycles. The summed E-state index contributed by atoms with van der Waals surface area (Å²) in [7, 11) is 0.